The van der Waals surface area contributed by atoms with Gasteiger partial charge in [0.05, 0.1) is 11.4 Å². The second kappa shape index (κ2) is 6.71. The number of halogens is 2. The molecule has 2 aliphatic heterocycles. The van der Waals surface area contributed by atoms with Crippen LogP contribution in [-0.2, 0) is 16.6 Å². The Morgan fingerprint density at radius 3 is 2.62 bits per heavy atom. The normalized spacial score (nSPS) is 22.4. The van der Waals surface area contributed by atoms with Gasteiger partial charge in [0, 0.05) is 35.6 Å². The lowest BCUT2D eigenvalue weighted by Gasteiger charge is -2.35. The molecule has 4 nitrogen and oxygen atoms in total. The summed E-state index contributed by atoms with van der Waals surface area (Å²) in [7, 11) is -1.19. The van der Waals surface area contributed by atoms with E-state index in [-0.39, 0.29) is 11.7 Å². The second-order valence-electron chi connectivity index (χ2n) is 7.01. The topological polar surface area (TPSA) is 40.6 Å². The van der Waals surface area contributed by atoms with Crippen molar-refractivity contribution in [2.75, 3.05) is 30.2 Å². The zero-order valence-corrected chi connectivity index (χ0v) is 16.8. The Bertz CT molecular complexity index is 962. The second-order valence-corrected chi connectivity index (χ2v) is 9.86. The van der Waals surface area contributed by atoms with Crippen LogP contribution in [0.1, 0.15) is 29.0 Å². The van der Waals surface area contributed by atoms with Crippen LogP contribution < -0.4 is 4.31 Å². The Morgan fingerprint density at radius 2 is 1.88 bits per heavy atom. The Balaban J connectivity index is 1.88. The number of hydrogen-bond acceptors (Lipinski definition) is 3. The zero-order valence-electron chi connectivity index (χ0n) is 14.5. The number of fused-ring (bicyclic) bond motifs is 1. The Morgan fingerprint density at radius 1 is 1.12 bits per heavy atom. The molecule has 1 atom stereocenters. The fourth-order valence-corrected chi connectivity index (χ4v) is 6.19. The van der Waals surface area contributed by atoms with E-state index in [9.17, 15) is 8.42 Å². The molecule has 2 aliphatic rings. The molecule has 0 unspecified atom stereocenters. The predicted molar refractivity (Wildman–Crippen MR) is 107 cm³/mol. The van der Waals surface area contributed by atoms with E-state index in [4.69, 9.17) is 23.2 Å². The highest BCUT2D eigenvalue weighted by Gasteiger charge is 2.34. The number of para-hydroxylation sites is 1. The highest BCUT2D eigenvalue weighted by molar-refractivity contribution is 7.93. The van der Waals surface area contributed by atoms with E-state index in [2.05, 4.69) is 11.9 Å². The summed E-state index contributed by atoms with van der Waals surface area (Å²) < 4.78 is 26.5. The summed E-state index contributed by atoms with van der Waals surface area (Å²) in [6, 6.07) is 11.5. The first-order chi connectivity index (χ1) is 12.4. The van der Waals surface area contributed by atoms with Gasteiger partial charge in [0.1, 0.15) is 0 Å². The molecular weight excluding hydrogens is 391 g/mol. The number of sulfonamides is 1. The van der Waals surface area contributed by atoms with Gasteiger partial charge in [0.2, 0.25) is 10.0 Å². The van der Waals surface area contributed by atoms with Crippen LogP contribution in [0.25, 0.3) is 0 Å². The molecule has 0 saturated carbocycles. The van der Waals surface area contributed by atoms with Crippen molar-refractivity contribution in [1.29, 1.82) is 0 Å². The highest BCUT2D eigenvalue weighted by Crippen LogP contribution is 2.42. The van der Waals surface area contributed by atoms with E-state index in [1.807, 2.05) is 30.3 Å². The molecule has 0 aromatic heterocycles. The van der Waals surface area contributed by atoms with Crippen LogP contribution in [0.5, 0.6) is 0 Å². The molecule has 1 saturated heterocycles. The Hall–Kier alpha value is -1.27. The number of nitrogens with zero attached hydrogens (tertiary/aromatic N) is 2. The Kier molecular flexibility index (Phi) is 4.68. The highest BCUT2D eigenvalue weighted by atomic mass is 35.5. The maximum atomic E-state index is 12.5. The summed E-state index contributed by atoms with van der Waals surface area (Å²) in [6.45, 7) is 2.08. The van der Waals surface area contributed by atoms with Crippen molar-refractivity contribution in [3.63, 3.8) is 0 Å². The van der Waals surface area contributed by atoms with Crippen molar-refractivity contribution < 1.29 is 8.42 Å². The van der Waals surface area contributed by atoms with Crippen molar-refractivity contribution in [1.82, 2.24) is 4.90 Å². The smallest absolute Gasteiger partial charge is 0.235 e. The van der Waals surface area contributed by atoms with E-state index in [1.54, 1.807) is 10.4 Å². The SMILES string of the molecule is CN1Cc2c(Cl)cc(Cl)cc2[C@H](c2ccccc2N2CCCS2(=O)=O)C1. The molecule has 0 bridgehead atoms. The number of benzene rings is 2. The van der Waals surface area contributed by atoms with Crippen molar-refractivity contribution in [3.05, 3.63) is 63.1 Å². The van der Waals surface area contributed by atoms with E-state index in [0.717, 1.165) is 35.5 Å². The molecule has 2 heterocycles. The minimum atomic E-state index is -3.24. The van der Waals surface area contributed by atoms with E-state index < -0.39 is 10.0 Å². The largest absolute Gasteiger partial charge is 0.301 e. The number of rotatable bonds is 2. The lowest BCUT2D eigenvalue weighted by atomic mass is 9.84. The van der Waals surface area contributed by atoms with Gasteiger partial charge in [-0.25, -0.2) is 8.42 Å². The van der Waals surface area contributed by atoms with Gasteiger partial charge in [-0.3, -0.25) is 4.31 Å². The molecule has 0 radical (unpaired) electrons. The fraction of sp³-hybridized carbons (Fsp3) is 0.368. The molecule has 0 amide bonds. The minimum absolute atomic E-state index is 0.0203. The van der Waals surface area contributed by atoms with E-state index in [0.29, 0.717) is 23.0 Å². The summed E-state index contributed by atoms with van der Waals surface area (Å²) in [5, 5.41) is 1.27. The summed E-state index contributed by atoms with van der Waals surface area (Å²) in [6.07, 6.45) is 0.662. The summed E-state index contributed by atoms with van der Waals surface area (Å²) in [5.74, 6) is 0.229. The molecular formula is C19H20Cl2N2O2S. The maximum absolute atomic E-state index is 12.5. The summed E-state index contributed by atoms with van der Waals surface area (Å²) >= 11 is 12.7. The third-order valence-electron chi connectivity index (χ3n) is 5.17. The summed E-state index contributed by atoms with van der Waals surface area (Å²) in [5.41, 5.74) is 3.93. The van der Waals surface area contributed by atoms with E-state index >= 15 is 0 Å². The van der Waals surface area contributed by atoms with Crippen LogP contribution in [0.15, 0.2) is 36.4 Å². The van der Waals surface area contributed by atoms with Gasteiger partial charge in [-0.15, -0.1) is 0 Å². The van der Waals surface area contributed by atoms with Gasteiger partial charge in [-0.05, 0) is 48.4 Å². The molecule has 2 aromatic rings. The van der Waals surface area contributed by atoms with Crippen LogP contribution in [0.3, 0.4) is 0 Å². The average molecular weight is 411 g/mol. The lowest BCUT2D eigenvalue weighted by molar-refractivity contribution is 0.295. The third kappa shape index (κ3) is 3.11. The first-order valence-electron chi connectivity index (χ1n) is 8.62. The van der Waals surface area contributed by atoms with Gasteiger partial charge in [-0.1, -0.05) is 41.4 Å². The number of hydrogen-bond donors (Lipinski definition) is 0. The van der Waals surface area contributed by atoms with Gasteiger partial charge >= 0.3 is 0 Å². The van der Waals surface area contributed by atoms with Crippen LogP contribution >= 0.6 is 23.2 Å². The van der Waals surface area contributed by atoms with Crippen molar-refractivity contribution in [3.8, 4) is 0 Å². The van der Waals surface area contributed by atoms with Crippen LogP contribution in [0.2, 0.25) is 10.0 Å². The molecule has 2 aromatic carbocycles. The van der Waals surface area contributed by atoms with Crippen LogP contribution in [0.4, 0.5) is 5.69 Å². The van der Waals surface area contributed by atoms with Crippen molar-refractivity contribution in [2.24, 2.45) is 0 Å². The summed E-state index contributed by atoms with van der Waals surface area (Å²) in [4.78, 5) is 2.21. The quantitative estimate of drug-likeness (QED) is 0.747. The van der Waals surface area contributed by atoms with Gasteiger partial charge in [0.25, 0.3) is 0 Å². The van der Waals surface area contributed by atoms with Crippen molar-refractivity contribution >= 4 is 38.9 Å². The zero-order chi connectivity index (χ0) is 18.5. The van der Waals surface area contributed by atoms with Crippen molar-refractivity contribution in [2.45, 2.75) is 18.9 Å². The first-order valence-corrected chi connectivity index (χ1v) is 11.0. The molecule has 0 N–H and O–H groups in total. The Labute approximate surface area is 164 Å². The average Bonchev–Trinajstić information content (AvgIpc) is 2.94. The minimum Gasteiger partial charge on any atom is -0.301 e. The molecule has 0 spiro atoms. The van der Waals surface area contributed by atoms with Gasteiger partial charge in [0.15, 0.2) is 0 Å². The lowest BCUT2D eigenvalue weighted by Crippen LogP contribution is -2.33. The monoisotopic (exact) mass is 410 g/mol. The van der Waals surface area contributed by atoms with Crippen LogP contribution in [-0.4, -0.2) is 39.2 Å². The molecule has 7 heteroatoms. The maximum Gasteiger partial charge on any atom is 0.235 e. The molecule has 1 fully saturated rings. The molecule has 4 rings (SSSR count). The molecule has 138 valence electrons. The molecule has 26 heavy (non-hydrogen) atoms. The first kappa shape index (κ1) is 18.1. The number of likely N-dealkylation sites (N-methyl/N-ethyl adjacent to an activating group) is 1. The number of anilines is 1. The standard InChI is InChI=1S/C19H20Cl2N2O2S/c1-22-11-16(15-9-13(20)10-18(21)17(15)12-22)14-5-2-3-6-19(14)23-7-4-8-26(23,24)25/h2-3,5-6,9-10,16H,4,7-8,11-12H2,1H3/t16-/m0/s1. The third-order valence-corrected chi connectivity index (χ3v) is 7.58. The molecule has 0 aliphatic carbocycles. The van der Waals surface area contributed by atoms with Gasteiger partial charge < -0.3 is 4.90 Å². The van der Waals surface area contributed by atoms with Gasteiger partial charge in [-0.2, -0.15) is 0 Å². The predicted octanol–water partition coefficient (Wildman–Crippen LogP) is 4.11. The fourth-order valence-electron chi connectivity index (χ4n) is 4.03. The van der Waals surface area contributed by atoms with E-state index in [1.165, 1.54) is 0 Å². The van der Waals surface area contributed by atoms with Crippen LogP contribution in [0, 0.1) is 0 Å².